The molecule has 198 valence electrons. The van der Waals surface area contributed by atoms with E-state index in [1.165, 1.54) is 36.6 Å². The fourth-order valence-electron chi connectivity index (χ4n) is 3.80. The molecule has 38 heavy (non-hydrogen) atoms. The molecule has 4 rings (SSSR count). The van der Waals surface area contributed by atoms with Crippen LogP contribution in [0.25, 0.3) is 10.2 Å². The molecule has 0 aliphatic rings. The van der Waals surface area contributed by atoms with Gasteiger partial charge in [0.2, 0.25) is 10.0 Å². The summed E-state index contributed by atoms with van der Waals surface area (Å²) in [4.78, 5) is 17.1. The van der Waals surface area contributed by atoms with E-state index in [0.29, 0.717) is 23.7 Å². The van der Waals surface area contributed by atoms with Gasteiger partial charge < -0.3 is 21.0 Å². The smallest absolute Gasteiger partial charge is 0.251 e. The standard InChI is InChI=1S/C26H27N5O5S2/c1-36-13-12-28-25(32)19-8-5-9-20(16-19)38(34,35)31-22(26-29-21-10-2-3-11-23(21)37-26)15-17-6-4-7-18(14-17)24(27)30-33/h2-11,14,16,22,31,33H,12-13,15H2,1H3,(H2,27,30)(H,28,32). The Morgan fingerprint density at radius 2 is 1.87 bits per heavy atom. The Morgan fingerprint density at radius 3 is 2.63 bits per heavy atom. The molecule has 10 nitrogen and oxygen atoms in total. The molecule has 1 aromatic heterocycles. The number of amidine groups is 1. The highest BCUT2D eigenvalue weighted by atomic mass is 32.2. The number of hydrogen-bond donors (Lipinski definition) is 4. The summed E-state index contributed by atoms with van der Waals surface area (Å²) < 4.78 is 35.7. The highest BCUT2D eigenvalue weighted by molar-refractivity contribution is 7.89. The number of nitrogens with one attached hydrogen (secondary N) is 2. The zero-order chi connectivity index (χ0) is 27.1. The molecule has 0 saturated heterocycles. The quantitative estimate of drug-likeness (QED) is 0.0731. The molecular weight excluding hydrogens is 526 g/mol. The van der Waals surface area contributed by atoms with Crippen molar-refractivity contribution in [1.29, 1.82) is 0 Å². The first kappa shape index (κ1) is 27.2. The van der Waals surface area contributed by atoms with Gasteiger partial charge >= 0.3 is 0 Å². The van der Waals surface area contributed by atoms with Crippen molar-refractivity contribution in [3.63, 3.8) is 0 Å². The SMILES string of the molecule is COCCNC(=O)c1cccc(S(=O)(=O)NC(Cc2cccc(/C(N)=N\O)c2)c2nc3ccccc3s2)c1. The van der Waals surface area contributed by atoms with Crippen LogP contribution in [0.15, 0.2) is 82.8 Å². The van der Waals surface area contributed by atoms with E-state index in [2.05, 4.69) is 20.2 Å². The number of amides is 1. The highest BCUT2D eigenvalue weighted by Gasteiger charge is 2.25. The Balaban J connectivity index is 1.66. The molecular formula is C26H27N5O5S2. The van der Waals surface area contributed by atoms with Crippen molar-refractivity contribution in [1.82, 2.24) is 15.0 Å². The topological polar surface area (TPSA) is 156 Å². The predicted octanol–water partition coefficient (Wildman–Crippen LogP) is 3.03. The van der Waals surface area contributed by atoms with Gasteiger partial charge in [0.1, 0.15) is 5.01 Å². The summed E-state index contributed by atoms with van der Waals surface area (Å²) >= 11 is 1.39. The maximum Gasteiger partial charge on any atom is 0.251 e. The second-order valence-electron chi connectivity index (χ2n) is 8.36. The summed E-state index contributed by atoms with van der Waals surface area (Å²) in [6.07, 6.45) is 0.253. The lowest BCUT2D eigenvalue weighted by atomic mass is 10.0. The van der Waals surface area contributed by atoms with E-state index in [9.17, 15) is 13.2 Å². The minimum absolute atomic E-state index is 0.0478. The van der Waals surface area contributed by atoms with Crippen LogP contribution in [0.5, 0.6) is 0 Å². The van der Waals surface area contributed by atoms with Gasteiger partial charge in [0.15, 0.2) is 5.84 Å². The Morgan fingerprint density at radius 1 is 1.11 bits per heavy atom. The Labute approximate surface area is 224 Å². The third kappa shape index (κ3) is 6.53. The maximum atomic E-state index is 13.5. The number of methoxy groups -OCH3 is 1. The molecule has 0 fully saturated rings. The van der Waals surface area contributed by atoms with E-state index < -0.39 is 22.0 Å². The van der Waals surface area contributed by atoms with Crippen LogP contribution in [0.1, 0.15) is 32.5 Å². The van der Waals surface area contributed by atoms with Crippen molar-refractivity contribution in [2.45, 2.75) is 17.4 Å². The maximum absolute atomic E-state index is 13.5. The molecule has 1 amide bonds. The third-order valence-corrected chi connectivity index (χ3v) is 8.29. The van der Waals surface area contributed by atoms with Crippen molar-refractivity contribution in [3.05, 3.63) is 94.5 Å². The second kappa shape index (κ2) is 12.1. The number of aromatic nitrogens is 1. The van der Waals surface area contributed by atoms with Crippen LogP contribution < -0.4 is 15.8 Å². The van der Waals surface area contributed by atoms with Gasteiger partial charge in [0.05, 0.1) is 27.8 Å². The van der Waals surface area contributed by atoms with Crippen LogP contribution in [0.2, 0.25) is 0 Å². The second-order valence-corrected chi connectivity index (χ2v) is 11.1. The molecule has 1 unspecified atom stereocenters. The van der Waals surface area contributed by atoms with Gasteiger partial charge in [-0.15, -0.1) is 11.3 Å². The first-order valence-electron chi connectivity index (χ1n) is 11.6. The Hall–Kier alpha value is -3.84. The number of carbonyl (C=O) groups is 1. The summed E-state index contributed by atoms with van der Waals surface area (Å²) in [6.45, 7) is 0.640. The van der Waals surface area contributed by atoms with E-state index >= 15 is 0 Å². The Bertz CT molecular complexity index is 1540. The van der Waals surface area contributed by atoms with Crippen LogP contribution in [-0.2, 0) is 21.2 Å². The first-order chi connectivity index (χ1) is 18.3. The van der Waals surface area contributed by atoms with Crippen molar-refractivity contribution < 1.29 is 23.2 Å². The fraction of sp³-hybridized carbons (Fsp3) is 0.192. The molecule has 1 heterocycles. The van der Waals surface area contributed by atoms with Crippen LogP contribution >= 0.6 is 11.3 Å². The number of thiazole rings is 1. The summed E-state index contributed by atoms with van der Waals surface area (Å²) in [7, 11) is -2.53. The Kier molecular flexibility index (Phi) is 8.69. The van der Waals surface area contributed by atoms with Gasteiger partial charge in [-0.3, -0.25) is 4.79 Å². The van der Waals surface area contributed by atoms with Crippen LogP contribution in [-0.4, -0.2) is 50.6 Å². The predicted molar refractivity (Wildman–Crippen MR) is 146 cm³/mol. The third-order valence-electron chi connectivity index (χ3n) is 5.67. The van der Waals surface area contributed by atoms with Gasteiger partial charge in [-0.2, -0.15) is 0 Å². The van der Waals surface area contributed by atoms with Gasteiger partial charge in [0, 0.05) is 24.8 Å². The minimum atomic E-state index is -4.05. The highest BCUT2D eigenvalue weighted by Crippen LogP contribution is 2.30. The normalized spacial score (nSPS) is 12.9. The van der Waals surface area contributed by atoms with Gasteiger partial charge in [0.25, 0.3) is 5.91 Å². The lowest BCUT2D eigenvalue weighted by Crippen LogP contribution is -2.31. The number of hydrogen-bond acceptors (Lipinski definition) is 8. The molecule has 0 aliphatic heterocycles. The van der Waals surface area contributed by atoms with Crippen molar-refractivity contribution in [3.8, 4) is 0 Å². The minimum Gasteiger partial charge on any atom is -0.409 e. The van der Waals surface area contributed by atoms with E-state index in [1.807, 2.05) is 30.3 Å². The van der Waals surface area contributed by atoms with Gasteiger partial charge in [-0.05, 0) is 48.4 Å². The number of para-hydroxylation sites is 1. The van der Waals surface area contributed by atoms with E-state index in [4.69, 9.17) is 15.7 Å². The van der Waals surface area contributed by atoms with Crippen molar-refractivity contribution >= 4 is 43.3 Å². The number of oxime groups is 1. The number of ether oxygens (including phenoxy) is 1. The van der Waals surface area contributed by atoms with Crippen molar-refractivity contribution in [2.24, 2.45) is 10.9 Å². The molecule has 0 saturated carbocycles. The van der Waals surface area contributed by atoms with E-state index in [1.54, 1.807) is 24.3 Å². The zero-order valence-corrected chi connectivity index (χ0v) is 22.1. The van der Waals surface area contributed by atoms with Crippen LogP contribution in [0.4, 0.5) is 0 Å². The first-order valence-corrected chi connectivity index (χ1v) is 13.9. The zero-order valence-electron chi connectivity index (χ0n) is 20.5. The number of nitrogens with zero attached hydrogens (tertiary/aromatic N) is 2. The van der Waals surface area contributed by atoms with Crippen LogP contribution in [0.3, 0.4) is 0 Å². The van der Waals surface area contributed by atoms with E-state index in [-0.39, 0.29) is 22.7 Å². The van der Waals surface area contributed by atoms with Gasteiger partial charge in [-0.25, -0.2) is 18.1 Å². The lowest BCUT2D eigenvalue weighted by Gasteiger charge is -2.18. The number of rotatable bonds is 11. The van der Waals surface area contributed by atoms with Gasteiger partial charge in [-0.1, -0.05) is 41.6 Å². The molecule has 3 aromatic carbocycles. The summed E-state index contributed by atoms with van der Waals surface area (Å²) in [5.41, 5.74) is 7.98. The number of fused-ring (bicyclic) bond motifs is 1. The monoisotopic (exact) mass is 553 g/mol. The summed E-state index contributed by atoms with van der Waals surface area (Å²) in [5.74, 6) is -0.452. The number of sulfonamides is 1. The fourth-order valence-corrected chi connectivity index (χ4v) is 6.14. The molecule has 5 N–H and O–H groups in total. The molecule has 0 spiro atoms. The van der Waals surface area contributed by atoms with Crippen LogP contribution in [0, 0.1) is 0 Å². The molecule has 0 aliphatic carbocycles. The van der Waals surface area contributed by atoms with E-state index in [0.717, 1.165) is 15.8 Å². The molecule has 4 aromatic rings. The molecule has 0 radical (unpaired) electrons. The average molecular weight is 554 g/mol. The largest absolute Gasteiger partial charge is 0.409 e. The number of carbonyl (C=O) groups excluding carboxylic acids is 1. The van der Waals surface area contributed by atoms with Crippen molar-refractivity contribution in [2.75, 3.05) is 20.3 Å². The molecule has 0 bridgehead atoms. The lowest BCUT2D eigenvalue weighted by molar-refractivity contribution is 0.0937. The summed E-state index contributed by atoms with van der Waals surface area (Å²) in [6, 6.07) is 19.7. The molecule has 1 atom stereocenters. The number of benzene rings is 3. The summed E-state index contributed by atoms with van der Waals surface area (Å²) in [5, 5.41) is 15.4. The molecule has 12 heteroatoms. The number of nitrogens with two attached hydrogens (primary N) is 1. The average Bonchev–Trinajstić information content (AvgIpc) is 3.37.